The highest BCUT2D eigenvalue weighted by Crippen LogP contribution is 2.31. The first-order valence-electron chi connectivity index (χ1n) is 10.9. The van der Waals surface area contributed by atoms with Crippen molar-refractivity contribution in [3.8, 4) is 22.7 Å². The molecule has 5 rings (SSSR count). The van der Waals surface area contributed by atoms with E-state index in [1.165, 1.54) is 18.2 Å². The van der Waals surface area contributed by atoms with Gasteiger partial charge in [0.15, 0.2) is 0 Å². The van der Waals surface area contributed by atoms with Gasteiger partial charge in [0.2, 0.25) is 5.91 Å². The quantitative estimate of drug-likeness (QED) is 0.172. The molecule has 0 aliphatic heterocycles. The van der Waals surface area contributed by atoms with E-state index in [0.29, 0.717) is 22.8 Å². The molecule has 0 atom stereocenters. The molecule has 3 aromatic carbocycles. The molecule has 2 aromatic heterocycles. The minimum Gasteiger partial charge on any atom is -0.456 e. The number of imidazole rings is 1. The highest BCUT2D eigenvalue weighted by atomic mass is 16.6. The second kappa shape index (κ2) is 9.11. The van der Waals surface area contributed by atoms with Crippen molar-refractivity contribution in [3.63, 3.8) is 0 Å². The van der Waals surface area contributed by atoms with Gasteiger partial charge in [-0.1, -0.05) is 36.4 Å². The van der Waals surface area contributed by atoms with Gasteiger partial charge in [0, 0.05) is 23.4 Å². The van der Waals surface area contributed by atoms with Crippen molar-refractivity contribution in [2.24, 2.45) is 0 Å². The maximum Gasteiger partial charge on any atom is 0.280 e. The molecule has 5 aromatic rings. The highest BCUT2D eigenvalue weighted by molar-refractivity contribution is 6.02. The minimum absolute atomic E-state index is 0.0464. The average molecular weight is 464 g/mol. The lowest BCUT2D eigenvalue weighted by Crippen LogP contribution is -2.09. The van der Waals surface area contributed by atoms with E-state index in [-0.39, 0.29) is 11.6 Å². The summed E-state index contributed by atoms with van der Waals surface area (Å²) in [6.45, 7) is 1.91. The third-order valence-corrected chi connectivity index (χ3v) is 5.55. The molecule has 0 spiro atoms. The van der Waals surface area contributed by atoms with Crippen molar-refractivity contribution in [1.29, 1.82) is 0 Å². The number of hydrogen-bond donors (Lipinski definition) is 2. The largest absolute Gasteiger partial charge is 0.456 e. The Morgan fingerprint density at radius 3 is 2.69 bits per heavy atom. The van der Waals surface area contributed by atoms with Gasteiger partial charge in [-0.3, -0.25) is 14.9 Å². The summed E-state index contributed by atoms with van der Waals surface area (Å²) in [6.07, 6.45) is 2.88. The Balaban J connectivity index is 1.32. The molecular weight excluding hydrogens is 444 g/mol. The van der Waals surface area contributed by atoms with Gasteiger partial charge in [-0.15, -0.1) is 0 Å². The fourth-order valence-electron chi connectivity index (χ4n) is 3.75. The van der Waals surface area contributed by atoms with Crippen LogP contribution in [0.5, 0.6) is 0 Å². The first-order valence-corrected chi connectivity index (χ1v) is 10.9. The number of fused-ring (bicyclic) bond motifs is 1. The van der Waals surface area contributed by atoms with Gasteiger partial charge in [-0.05, 0) is 55.0 Å². The summed E-state index contributed by atoms with van der Waals surface area (Å²) in [5, 5.41) is 14.2. The van der Waals surface area contributed by atoms with E-state index in [4.69, 9.17) is 4.42 Å². The number of nitrogens with one attached hydrogen (secondary N) is 2. The number of aromatic nitrogens is 2. The van der Waals surface area contributed by atoms with Gasteiger partial charge in [0.1, 0.15) is 17.3 Å². The molecule has 0 aliphatic rings. The molecule has 0 saturated carbocycles. The Hall–Kier alpha value is -4.98. The number of benzene rings is 3. The van der Waals surface area contributed by atoms with Crippen LogP contribution >= 0.6 is 0 Å². The van der Waals surface area contributed by atoms with Crippen LogP contribution in [0.1, 0.15) is 11.3 Å². The van der Waals surface area contributed by atoms with E-state index in [1.54, 1.807) is 30.3 Å². The third kappa shape index (κ3) is 4.58. The maximum atomic E-state index is 12.6. The molecule has 8 heteroatoms. The molecular formula is C27H20N4O4. The zero-order valence-electron chi connectivity index (χ0n) is 18.7. The van der Waals surface area contributed by atoms with E-state index in [0.717, 1.165) is 28.0 Å². The lowest BCUT2D eigenvalue weighted by molar-refractivity contribution is -0.384. The van der Waals surface area contributed by atoms with Crippen molar-refractivity contribution in [2.45, 2.75) is 6.92 Å². The van der Waals surface area contributed by atoms with Crippen LogP contribution in [0, 0.1) is 17.0 Å². The zero-order chi connectivity index (χ0) is 24.4. The Morgan fingerprint density at radius 1 is 1.06 bits per heavy atom. The molecule has 0 radical (unpaired) electrons. The number of furan rings is 1. The highest BCUT2D eigenvalue weighted by Gasteiger charge is 2.17. The van der Waals surface area contributed by atoms with E-state index in [9.17, 15) is 14.9 Å². The summed E-state index contributed by atoms with van der Waals surface area (Å²) >= 11 is 0. The van der Waals surface area contributed by atoms with Gasteiger partial charge in [0.05, 0.1) is 21.5 Å². The van der Waals surface area contributed by atoms with Crippen molar-refractivity contribution in [1.82, 2.24) is 9.97 Å². The van der Waals surface area contributed by atoms with E-state index < -0.39 is 4.92 Å². The lowest BCUT2D eigenvalue weighted by Gasteiger charge is -2.08. The van der Waals surface area contributed by atoms with E-state index >= 15 is 0 Å². The predicted molar refractivity (Wildman–Crippen MR) is 135 cm³/mol. The van der Waals surface area contributed by atoms with Crippen LogP contribution in [0.3, 0.4) is 0 Å². The first-order chi connectivity index (χ1) is 17.0. The molecule has 2 N–H and O–H groups in total. The molecule has 8 nitrogen and oxygen atoms in total. The monoisotopic (exact) mass is 464 g/mol. The first kappa shape index (κ1) is 21.8. The Morgan fingerprint density at radius 2 is 1.86 bits per heavy atom. The fraction of sp³-hybridized carbons (Fsp3) is 0.0370. The standard InChI is InChI=1S/C27H20N4O4/c1-17-10-11-18(27-29-21-7-3-4-8-22(21)30-27)16-23(17)28-26(32)15-13-19-12-14-25(35-19)20-6-2-5-9-24(20)31(33)34/h2-16H,1H3,(H,28,32)(H,29,30)/b15-13+. The number of amides is 1. The van der Waals surface area contributed by atoms with Crippen LogP contribution in [0.25, 0.3) is 39.8 Å². The van der Waals surface area contributed by atoms with Crippen LogP contribution in [-0.4, -0.2) is 20.8 Å². The molecule has 0 aliphatic carbocycles. The average Bonchev–Trinajstić information content (AvgIpc) is 3.51. The Labute approximate surface area is 200 Å². The van der Waals surface area contributed by atoms with Gasteiger partial charge in [-0.25, -0.2) is 4.98 Å². The number of aryl methyl sites for hydroxylation is 1. The topological polar surface area (TPSA) is 114 Å². The summed E-state index contributed by atoms with van der Waals surface area (Å²) in [5.74, 6) is 1.14. The molecule has 2 heterocycles. The van der Waals surface area contributed by atoms with Crippen LogP contribution in [-0.2, 0) is 4.79 Å². The number of nitro groups is 1. The number of hydrogen-bond acceptors (Lipinski definition) is 5. The molecule has 0 bridgehead atoms. The second-order valence-corrected chi connectivity index (χ2v) is 7.93. The van der Waals surface area contributed by atoms with Crippen LogP contribution < -0.4 is 5.32 Å². The summed E-state index contributed by atoms with van der Waals surface area (Å²) < 4.78 is 5.71. The van der Waals surface area contributed by atoms with Crippen LogP contribution in [0.15, 0.2) is 89.4 Å². The predicted octanol–water partition coefficient (Wildman–Crippen LogP) is 6.36. The van der Waals surface area contributed by atoms with Gasteiger partial charge < -0.3 is 14.7 Å². The summed E-state index contributed by atoms with van der Waals surface area (Å²) in [7, 11) is 0. The van der Waals surface area contributed by atoms with E-state index in [1.807, 2.05) is 49.4 Å². The Bertz CT molecular complexity index is 1560. The van der Waals surface area contributed by atoms with Crippen molar-refractivity contribution in [2.75, 3.05) is 5.32 Å². The zero-order valence-corrected chi connectivity index (χ0v) is 18.7. The number of para-hydroxylation sites is 3. The number of rotatable bonds is 6. The number of carbonyl (C=O) groups is 1. The SMILES string of the molecule is Cc1ccc(-c2nc3ccccc3[nH]2)cc1NC(=O)/C=C/c1ccc(-c2ccccc2[N+](=O)[O-])o1. The van der Waals surface area contributed by atoms with Crippen molar-refractivity contribution in [3.05, 3.63) is 106 Å². The molecule has 35 heavy (non-hydrogen) atoms. The number of aromatic amines is 1. The summed E-state index contributed by atoms with van der Waals surface area (Å²) in [5.41, 5.74) is 4.56. The molecule has 0 saturated heterocycles. The normalized spacial score (nSPS) is 11.2. The minimum atomic E-state index is -0.456. The smallest absolute Gasteiger partial charge is 0.280 e. The van der Waals surface area contributed by atoms with Crippen LogP contribution in [0.4, 0.5) is 11.4 Å². The third-order valence-electron chi connectivity index (χ3n) is 5.55. The number of H-pyrrole nitrogens is 1. The number of nitro benzene ring substituents is 1. The molecule has 0 fully saturated rings. The fourth-order valence-corrected chi connectivity index (χ4v) is 3.75. The van der Waals surface area contributed by atoms with E-state index in [2.05, 4.69) is 15.3 Å². The Kier molecular flexibility index (Phi) is 5.68. The van der Waals surface area contributed by atoms with Crippen LogP contribution in [0.2, 0.25) is 0 Å². The van der Waals surface area contributed by atoms with Crippen molar-refractivity contribution < 1.29 is 14.1 Å². The molecule has 1 amide bonds. The molecule has 0 unspecified atom stereocenters. The number of nitrogens with zero attached hydrogens (tertiary/aromatic N) is 2. The number of carbonyl (C=O) groups excluding carboxylic acids is 1. The summed E-state index contributed by atoms with van der Waals surface area (Å²) in [4.78, 5) is 31.3. The van der Waals surface area contributed by atoms with Crippen molar-refractivity contribution >= 4 is 34.4 Å². The van der Waals surface area contributed by atoms with Gasteiger partial charge in [0.25, 0.3) is 5.69 Å². The van der Waals surface area contributed by atoms with Gasteiger partial charge in [-0.2, -0.15) is 0 Å². The van der Waals surface area contributed by atoms with Gasteiger partial charge >= 0.3 is 0 Å². The second-order valence-electron chi connectivity index (χ2n) is 7.93. The number of anilines is 1. The maximum absolute atomic E-state index is 12.6. The summed E-state index contributed by atoms with van der Waals surface area (Å²) in [6, 6.07) is 23.2. The molecule has 172 valence electrons. The lowest BCUT2D eigenvalue weighted by atomic mass is 10.1.